The second kappa shape index (κ2) is 6.36. The van der Waals surface area contributed by atoms with Crippen LogP contribution in [-0.2, 0) is 5.75 Å². The first kappa shape index (κ1) is 13.6. The summed E-state index contributed by atoms with van der Waals surface area (Å²) in [5.74, 6) is 2.42. The van der Waals surface area contributed by atoms with E-state index in [2.05, 4.69) is 20.1 Å². The first-order chi connectivity index (χ1) is 10.3. The molecule has 0 bridgehead atoms. The van der Waals surface area contributed by atoms with E-state index in [0.717, 1.165) is 11.3 Å². The van der Waals surface area contributed by atoms with Crippen molar-refractivity contribution in [2.75, 3.05) is 7.11 Å². The lowest BCUT2D eigenvalue weighted by molar-refractivity contribution is 0.391. The molecule has 0 fully saturated rings. The van der Waals surface area contributed by atoms with E-state index in [-0.39, 0.29) is 0 Å². The van der Waals surface area contributed by atoms with Gasteiger partial charge in [-0.3, -0.25) is 0 Å². The van der Waals surface area contributed by atoms with E-state index in [4.69, 9.17) is 9.26 Å². The van der Waals surface area contributed by atoms with Crippen molar-refractivity contribution in [1.82, 2.24) is 20.1 Å². The topological polar surface area (TPSA) is 73.9 Å². The summed E-state index contributed by atoms with van der Waals surface area (Å²) in [6.45, 7) is 0. The number of benzene rings is 1. The highest BCUT2D eigenvalue weighted by Crippen LogP contribution is 2.22. The van der Waals surface area contributed by atoms with Gasteiger partial charge in [0.25, 0.3) is 0 Å². The molecule has 0 spiro atoms. The molecule has 6 nitrogen and oxygen atoms in total. The Hall–Kier alpha value is -2.41. The summed E-state index contributed by atoms with van der Waals surface area (Å²) in [6.07, 6.45) is 3.40. The van der Waals surface area contributed by atoms with E-state index in [1.807, 2.05) is 24.3 Å². The quantitative estimate of drug-likeness (QED) is 0.530. The molecule has 1 aromatic carbocycles. The van der Waals surface area contributed by atoms with Gasteiger partial charge in [-0.2, -0.15) is 4.98 Å². The highest BCUT2D eigenvalue weighted by atomic mass is 32.2. The molecule has 0 saturated carbocycles. The molecule has 0 N–H and O–H groups in total. The second-order valence-corrected chi connectivity index (χ2v) is 5.00. The molecule has 0 unspecified atom stereocenters. The Labute approximate surface area is 125 Å². The monoisotopic (exact) mass is 300 g/mol. The zero-order valence-corrected chi connectivity index (χ0v) is 12.1. The van der Waals surface area contributed by atoms with Crippen molar-refractivity contribution in [3.8, 4) is 17.1 Å². The van der Waals surface area contributed by atoms with Crippen LogP contribution in [0.2, 0.25) is 0 Å². The maximum absolute atomic E-state index is 5.23. The molecule has 2 aromatic heterocycles. The lowest BCUT2D eigenvalue weighted by atomic mass is 10.2. The number of thioether (sulfide) groups is 1. The average Bonchev–Trinajstić information content (AvgIpc) is 3.03. The molecule has 0 aliphatic heterocycles. The molecule has 21 heavy (non-hydrogen) atoms. The molecule has 106 valence electrons. The van der Waals surface area contributed by atoms with Crippen LogP contribution in [0.25, 0.3) is 11.4 Å². The maximum Gasteiger partial charge on any atom is 0.237 e. The minimum Gasteiger partial charge on any atom is -0.497 e. The van der Waals surface area contributed by atoms with Crippen LogP contribution in [0.5, 0.6) is 5.75 Å². The highest BCUT2D eigenvalue weighted by molar-refractivity contribution is 7.98. The molecule has 0 saturated heterocycles. The normalized spacial score (nSPS) is 10.5. The van der Waals surface area contributed by atoms with Crippen molar-refractivity contribution < 1.29 is 9.26 Å². The fourth-order valence-corrected chi connectivity index (χ4v) is 2.30. The first-order valence-electron chi connectivity index (χ1n) is 6.22. The summed E-state index contributed by atoms with van der Waals surface area (Å²) < 4.78 is 10.3. The number of ether oxygens (including phenoxy) is 1. The van der Waals surface area contributed by atoms with Gasteiger partial charge in [0.15, 0.2) is 5.16 Å². The van der Waals surface area contributed by atoms with Crippen LogP contribution in [0.15, 0.2) is 52.4 Å². The minimum atomic E-state index is 0.535. The zero-order chi connectivity index (χ0) is 14.5. The fraction of sp³-hybridized carbons (Fsp3) is 0.143. The highest BCUT2D eigenvalue weighted by Gasteiger charge is 2.09. The number of hydrogen-bond donors (Lipinski definition) is 0. The Balaban J connectivity index is 1.68. The van der Waals surface area contributed by atoms with E-state index < -0.39 is 0 Å². The van der Waals surface area contributed by atoms with Gasteiger partial charge in [-0.15, -0.1) is 0 Å². The first-order valence-corrected chi connectivity index (χ1v) is 7.20. The third kappa shape index (κ3) is 3.38. The van der Waals surface area contributed by atoms with Gasteiger partial charge in [0.05, 0.1) is 12.9 Å². The van der Waals surface area contributed by atoms with Crippen molar-refractivity contribution in [2.24, 2.45) is 0 Å². The molecular weight excluding hydrogens is 288 g/mol. The summed E-state index contributed by atoms with van der Waals surface area (Å²) in [4.78, 5) is 12.6. The summed E-state index contributed by atoms with van der Waals surface area (Å²) in [5, 5.41) is 4.66. The van der Waals surface area contributed by atoms with Crippen molar-refractivity contribution in [3.05, 3.63) is 48.6 Å². The van der Waals surface area contributed by atoms with Crippen LogP contribution in [0.3, 0.4) is 0 Å². The third-order valence-electron chi connectivity index (χ3n) is 2.68. The number of nitrogens with zero attached hydrogens (tertiary/aromatic N) is 4. The molecule has 0 aliphatic carbocycles. The SMILES string of the molecule is COc1ccc(-c2noc(CSc3ncccn3)n2)cc1. The van der Waals surface area contributed by atoms with Gasteiger partial charge in [0, 0.05) is 18.0 Å². The Morgan fingerprint density at radius 1 is 1.14 bits per heavy atom. The minimum absolute atomic E-state index is 0.535. The fourth-order valence-electron chi connectivity index (χ4n) is 1.66. The average molecular weight is 300 g/mol. The maximum atomic E-state index is 5.23. The Kier molecular flexibility index (Phi) is 4.11. The molecule has 3 rings (SSSR count). The summed E-state index contributed by atoms with van der Waals surface area (Å²) >= 11 is 1.45. The number of hydrogen-bond acceptors (Lipinski definition) is 7. The van der Waals surface area contributed by atoms with E-state index in [9.17, 15) is 0 Å². The van der Waals surface area contributed by atoms with Crippen molar-refractivity contribution >= 4 is 11.8 Å². The van der Waals surface area contributed by atoms with E-state index >= 15 is 0 Å². The molecule has 7 heteroatoms. The standard InChI is InChI=1S/C14H12N4O2S/c1-19-11-5-3-10(4-6-11)13-17-12(20-18-13)9-21-14-15-7-2-8-16-14/h2-8H,9H2,1H3. The number of rotatable bonds is 5. The lowest BCUT2D eigenvalue weighted by Crippen LogP contribution is -1.87. The Morgan fingerprint density at radius 3 is 2.62 bits per heavy atom. The molecular formula is C14H12N4O2S. The predicted octanol–water partition coefficient (Wildman–Crippen LogP) is 2.83. The Morgan fingerprint density at radius 2 is 1.90 bits per heavy atom. The predicted molar refractivity (Wildman–Crippen MR) is 77.9 cm³/mol. The van der Waals surface area contributed by atoms with E-state index in [1.54, 1.807) is 25.6 Å². The van der Waals surface area contributed by atoms with Crippen LogP contribution in [0.1, 0.15) is 5.89 Å². The van der Waals surface area contributed by atoms with E-state index in [0.29, 0.717) is 22.6 Å². The van der Waals surface area contributed by atoms with Gasteiger partial charge >= 0.3 is 0 Å². The summed E-state index contributed by atoms with van der Waals surface area (Å²) in [6, 6.07) is 9.27. The third-order valence-corrected chi connectivity index (χ3v) is 3.54. The van der Waals surface area contributed by atoms with Crippen molar-refractivity contribution in [3.63, 3.8) is 0 Å². The van der Waals surface area contributed by atoms with Crippen molar-refractivity contribution in [2.45, 2.75) is 10.9 Å². The van der Waals surface area contributed by atoms with Gasteiger partial charge in [-0.1, -0.05) is 16.9 Å². The molecule has 0 amide bonds. The van der Waals surface area contributed by atoms with Crippen LogP contribution in [0.4, 0.5) is 0 Å². The van der Waals surface area contributed by atoms with E-state index in [1.165, 1.54) is 11.8 Å². The van der Waals surface area contributed by atoms with Crippen LogP contribution in [0, 0.1) is 0 Å². The largest absolute Gasteiger partial charge is 0.497 e. The van der Waals surface area contributed by atoms with Gasteiger partial charge in [0.2, 0.25) is 11.7 Å². The van der Waals surface area contributed by atoms with Crippen LogP contribution < -0.4 is 4.74 Å². The van der Waals surface area contributed by atoms with Gasteiger partial charge in [0.1, 0.15) is 5.75 Å². The molecule has 0 radical (unpaired) electrons. The molecule has 3 aromatic rings. The van der Waals surface area contributed by atoms with Crippen LogP contribution >= 0.6 is 11.8 Å². The van der Waals surface area contributed by atoms with Crippen molar-refractivity contribution in [1.29, 1.82) is 0 Å². The van der Waals surface area contributed by atoms with Crippen LogP contribution in [-0.4, -0.2) is 27.2 Å². The summed E-state index contributed by atoms with van der Waals surface area (Å²) in [7, 11) is 1.63. The number of methoxy groups -OCH3 is 1. The van der Waals surface area contributed by atoms with Gasteiger partial charge in [-0.05, 0) is 30.3 Å². The number of aromatic nitrogens is 4. The van der Waals surface area contributed by atoms with Gasteiger partial charge < -0.3 is 9.26 Å². The molecule has 0 atom stereocenters. The lowest BCUT2D eigenvalue weighted by Gasteiger charge is -1.98. The molecule has 0 aliphatic rings. The molecule has 2 heterocycles. The zero-order valence-electron chi connectivity index (χ0n) is 11.3. The smallest absolute Gasteiger partial charge is 0.237 e. The summed E-state index contributed by atoms with van der Waals surface area (Å²) in [5.41, 5.74) is 0.881. The second-order valence-electron chi connectivity index (χ2n) is 4.06. The Bertz CT molecular complexity index is 701. The van der Waals surface area contributed by atoms with Gasteiger partial charge in [-0.25, -0.2) is 9.97 Å².